The summed E-state index contributed by atoms with van der Waals surface area (Å²) in [6.45, 7) is 2.99. The summed E-state index contributed by atoms with van der Waals surface area (Å²) >= 11 is 0. The maximum absolute atomic E-state index is 5.74. The van der Waals surface area contributed by atoms with Crippen LogP contribution in [0.5, 0.6) is 5.75 Å². The number of hydrogen-bond acceptors (Lipinski definition) is 4. The molecule has 0 saturated carbocycles. The minimum absolute atomic E-state index is 0.280. The van der Waals surface area contributed by atoms with Crippen LogP contribution in [-0.2, 0) is 4.74 Å². The fourth-order valence-corrected chi connectivity index (χ4v) is 1.96. The van der Waals surface area contributed by atoms with E-state index in [1.807, 2.05) is 12.1 Å². The van der Waals surface area contributed by atoms with Crippen LogP contribution in [0.1, 0.15) is 0 Å². The van der Waals surface area contributed by atoms with Gasteiger partial charge in [0.05, 0.1) is 26.4 Å². The second kappa shape index (κ2) is 5.18. The molecule has 0 aliphatic carbocycles. The van der Waals surface area contributed by atoms with Crippen molar-refractivity contribution in [2.24, 2.45) is 5.73 Å². The molecule has 1 unspecified atom stereocenters. The van der Waals surface area contributed by atoms with E-state index in [9.17, 15) is 0 Å². The maximum atomic E-state index is 5.74. The van der Waals surface area contributed by atoms with Crippen LogP contribution in [0.2, 0.25) is 0 Å². The lowest BCUT2D eigenvalue weighted by atomic mass is 10.2. The Morgan fingerprint density at radius 2 is 2.19 bits per heavy atom. The second-order valence-corrected chi connectivity index (χ2v) is 3.86. The number of rotatable bonds is 3. The highest BCUT2D eigenvalue weighted by molar-refractivity contribution is 5.50. The quantitative estimate of drug-likeness (QED) is 0.824. The zero-order chi connectivity index (χ0) is 11.4. The molecule has 1 atom stereocenters. The smallest absolute Gasteiger partial charge is 0.119 e. The topological polar surface area (TPSA) is 47.7 Å². The first-order valence-electron chi connectivity index (χ1n) is 5.53. The van der Waals surface area contributed by atoms with Gasteiger partial charge in [-0.15, -0.1) is 0 Å². The third-order valence-electron chi connectivity index (χ3n) is 2.90. The molecule has 0 amide bonds. The highest BCUT2D eigenvalue weighted by atomic mass is 16.5. The van der Waals surface area contributed by atoms with Gasteiger partial charge in [-0.3, -0.25) is 0 Å². The predicted octanol–water partition coefficient (Wildman–Crippen LogP) is 0.859. The van der Waals surface area contributed by atoms with E-state index in [1.54, 1.807) is 7.11 Å². The standard InChI is InChI=1S/C12H18N2O2/c1-15-12-4-2-10(3-5-12)14-6-7-16-9-11(14)8-13/h2-5,11H,6-9,13H2,1H3. The number of hydrogen-bond donors (Lipinski definition) is 1. The first kappa shape index (κ1) is 11.2. The molecule has 0 spiro atoms. The van der Waals surface area contributed by atoms with Crippen molar-refractivity contribution in [2.75, 3.05) is 38.3 Å². The third-order valence-corrected chi connectivity index (χ3v) is 2.90. The van der Waals surface area contributed by atoms with Crippen molar-refractivity contribution in [2.45, 2.75) is 6.04 Å². The van der Waals surface area contributed by atoms with Crippen LogP contribution in [0.4, 0.5) is 5.69 Å². The normalized spacial score (nSPS) is 20.9. The molecular formula is C12H18N2O2. The van der Waals surface area contributed by atoms with Crippen LogP contribution in [0.3, 0.4) is 0 Å². The van der Waals surface area contributed by atoms with Gasteiger partial charge in [-0.2, -0.15) is 0 Å². The van der Waals surface area contributed by atoms with Gasteiger partial charge in [-0.1, -0.05) is 0 Å². The average Bonchev–Trinajstić information content (AvgIpc) is 2.39. The minimum Gasteiger partial charge on any atom is -0.497 e. The zero-order valence-corrected chi connectivity index (χ0v) is 9.56. The van der Waals surface area contributed by atoms with Gasteiger partial charge in [0.15, 0.2) is 0 Å². The monoisotopic (exact) mass is 222 g/mol. The Hall–Kier alpha value is -1.26. The zero-order valence-electron chi connectivity index (χ0n) is 9.56. The SMILES string of the molecule is COc1ccc(N2CCOCC2CN)cc1. The van der Waals surface area contributed by atoms with Gasteiger partial charge in [0.2, 0.25) is 0 Å². The molecule has 1 aromatic carbocycles. The summed E-state index contributed by atoms with van der Waals surface area (Å²) < 4.78 is 10.6. The molecule has 88 valence electrons. The fourth-order valence-electron chi connectivity index (χ4n) is 1.96. The van der Waals surface area contributed by atoms with E-state index in [0.29, 0.717) is 13.2 Å². The van der Waals surface area contributed by atoms with Gasteiger partial charge in [0, 0.05) is 18.8 Å². The summed E-state index contributed by atoms with van der Waals surface area (Å²) in [5, 5.41) is 0. The second-order valence-electron chi connectivity index (χ2n) is 3.86. The van der Waals surface area contributed by atoms with Crippen molar-refractivity contribution in [1.82, 2.24) is 0 Å². The molecule has 16 heavy (non-hydrogen) atoms. The van der Waals surface area contributed by atoms with E-state index in [4.69, 9.17) is 15.2 Å². The number of ether oxygens (including phenoxy) is 2. The summed E-state index contributed by atoms with van der Waals surface area (Å²) in [6.07, 6.45) is 0. The van der Waals surface area contributed by atoms with Crippen LogP contribution < -0.4 is 15.4 Å². The molecule has 1 saturated heterocycles. The van der Waals surface area contributed by atoms with E-state index in [2.05, 4.69) is 17.0 Å². The summed E-state index contributed by atoms with van der Waals surface area (Å²) in [6, 6.07) is 8.35. The first-order chi connectivity index (χ1) is 7.85. The Morgan fingerprint density at radius 1 is 1.44 bits per heavy atom. The van der Waals surface area contributed by atoms with Crippen molar-refractivity contribution in [3.63, 3.8) is 0 Å². The third kappa shape index (κ3) is 2.28. The lowest BCUT2D eigenvalue weighted by molar-refractivity contribution is 0.0963. The molecule has 1 aliphatic rings. The average molecular weight is 222 g/mol. The molecule has 1 heterocycles. The van der Waals surface area contributed by atoms with E-state index in [1.165, 1.54) is 5.69 Å². The van der Waals surface area contributed by atoms with Crippen molar-refractivity contribution >= 4 is 5.69 Å². The summed E-state index contributed by atoms with van der Waals surface area (Å²) in [5.74, 6) is 0.876. The van der Waals surface area contributed by atoms with Crippen LogP contribution in [0, 0.1) is 0 Å². The Morgan fingerprint density at radius 3 is 2.81 bits per heavy atom. The van der Waals surface area contributed by atoms with Crippen molar-refractivity contribution in [1.29, 1.82) is 0 Å². The molecule has 2 N–H and O–H groups in total. The van der Waals surface area contributed by atoms with Crippen LogP contribution >= 0.6 is 0 Å². The Balaban J connectivity index is 2.14. The number of anilines is 1. The molecule has 4 nitrogen and oxygen atoms in total. The Kier molecular flexibility index (Phi) is 3.64. The number of methoxy groups -OCH3 is 1. The van der Waals surface area contributed by atoms with Gasteiger partial charge in [-0.25, -0.2) is 0 Å². The largest absolute Gasteiger partial charge is 0.497 e. The fraction of sp³-hybridized carbons (Fsp3) is 0.500. The first-order valence-corrected chi connectivity index (χ1v) is 5.53. The maximum Gasteiger partial charge on any atom is 0.119 e. The van der Waals surface area contributed by atoms with Crippen molar-refractivity contribution in [3.05, 3.63) is 24.3 Å². The van der Waals surface area contributed by atoms with Gasteiger partial charge >= 0.3 is 0 Å². The number of morpholine rings is 1. The van der Waals surface area contributed by atoms with Crippen LogP contribution in [0.25, 0.3) is 0 Å². The van der Waals surface area contributed by atoms with Crippen molar-refractivity contribution in [3.8, 4) is 5.75 Å². The minimum atomic E-state index is 0.280. The molecule has 0 bridgehead atoms. The molecule has 2 rings (SSSR count). The van der Waals surface area contributed by atoms with E-state index < -0.39 is 0 Å². The number of benzene rings is 1. The van der Waals surface area contributed by atoms with Crippen LogP contribution in [-0.4, -0.2) is 39.5 Å². The molecule has 1 aromatic rings. The summed E-state index contributed by atoms with van der Waals surface area (Å²) in [5.41, 5.74) is 6.92. The van der Waals surface area contributed by atoms with Crippen LogP contribution in [0.15, 0.2) is 24.3 Å². The van der Waals surface area contributed by atoms with E-state index in [-0.39, 0.29) is 6.04 Å². The molecule has 4 heteroatoms. The number of nitrogens with two attached hydrogens (primary N) is 1. The highest BCUT2D eigenvalue weighted by Crippen LogP contribution is 2.22. The summed E-state index contributed by atoms with van der Waals surface area (Å²) in [4.78, 5) is 2.29. The lowest BCUT2D eigenvalue weighted by Crippen LogP contribution is -2.49. The molecule has 0 radical (unpaired) electrons. The van der Waals surface area contributed by atoms with E-state index >= 15 is 0 Å². The Labute approximate surface area is 95.9 Å². The molecule has 1 fully saturated rings. The lowest BCUT2D eigenvalue weighted by Gasteiger charge is -2.36. The molecular weight excluding hydrogens is 204 g/mol. The van der Waals surface area contributed by atoms with Gasteiger partial charge in [0.1, 0.15) is 5.75 Å². The predicted molar refractivity (Wildman–Crippen MR) is 64.0 cm³/mol. The Bertz CT molecular complexity index is 326. The highest BCUT2D eigenvalue weighted by Gasteiger charge is 2.21. The van der Waals surface area contributed by atoms with Gasteiger partial charge in [0.25, 0.3) is 0 Å². The van der Waals surface area contributed by atoms with Crippen molar-refractivity contribution < 1.29 is 9.47 Å². The molecule has 0 aromatic heterocycles. The molecule has 1 aliphatic heterocycles. The van der Waals surface area contributed by atoms with E-state index in [0.717, 1.165) is 18.9 Å². The van der Waals surface area contributed by atoms with Gasteiger partial charge in [-0.05, 0) is 24.3 Å². The number of nitrogens with zero attached hydrogens (tertiary/aromatic N) is 1. The van der Waals surface area contributed by atoms with Gasteiger partial charge < -0.3 is 20.1 Å². The summed E-state index contributed by atoms with van der Waals surface area (Å²) in [7, 11) is 1.67.